The fourth-order valence-corrected chi connectivity index (χ4v) is 1.56. The minimum atomic E-state index is -0.982. The van der Waals surface area contributed by atoms with Gasteiger partial charge in [0.15, 0.2) is 0 Å². The number of nitrogens with one attached hydrogen (secondary N) is 1. The van der Waals surface area contributed by atoms with Crippen molar-refractivity contribution in [1.82, 2.24) is 15.1 Å². The number of carboxylic acid groups (broad SMARTS) is 1. The predicted molar refractivity (Wildman–Crippen MR) is 66.3 cm³/mol. The molecule has 1 rings (SSSR count). The predicted octanol–water partition coefficient (Wildman–Crippen LogP) is 1.28. The molecule has 0 saturated carbocycles. The van der Waals surface area contributed by atoms with Crippen molar-refractivity contribution in [2.45, 2.75) is 39.2 Å². The lowest BCUT2D eigenvalue weighted by Gasteiger charge is -2.02. The number of nitrogens with zero attached hydrogens (tertiary/aromatic N) is 2. The van der Waals surface area contributed by atoms with Crippen LogP contribution in [0.1, 0.15) is 43.0 Å². The Balaban J connectivity index is 2.33. The Morgan fingerprint density at radius 2 is 2.17 bits per heavy atom. The van der Waals surface area contributed by atoms with Crippen LogP contribution in [0.25, 0.3) is 0 Å². The second kappa shape index (κ2) is 7.47. The van der Waals surface area contributed by atoms with E-state index in [4.69, 9.17) is 5.11 Å². The van der Waals surface area contributed by atoms with Crippen molar-refractivity contribution in [3.8, 4) is 0 Å². The van der Waals surface area contributed by atoms with Gasteiger partial charge >= 0.3 is 5.97 Å². The van der Waals surface area contributed by atoms with Gasteiger partial charge in [0, 0.05) is 12.7 Å². The summed E-state index contributed by atoms with van der Waals surface area (Å²) >= 11 is 0. The fourth-order valence-electron chi connectivity index (χ4n) is 1.56. The van der Waals surface area contributed by atoms with Crippen LogP contribution in [-0.4, -0.2) is 33.3 Å². The van der Waals surface area contributed by atoms with Crippen molar-refractivity contribution in [3.05, 3.63) is 18.0 Å². The molecule has 2 N–H and O–H groups in total. The van der Waals surface area contributed by atoms with Gasteiger partial charge in [-0.15, -0.1) is 0 Å². The smallest absolute Gasteiger partial charge is 0.325 e. The first kappa shape index (κ1) is 14.2. The zero-order valence-corrected chi connectivity index (χ0v) is 10.6. The van der Waals surface area contributed by atoms with Crippen LogP contribution in [-0.2, 0) is 11.3 Å². The molecule has 0 aliphatic heterocycles. The van der Waals surface area contributed by atoms with Crippen LogP contribution in [0.3, 0.4) is 0 Å². The average molecular weight is 253 g/mol. The first-order valence-corrected chi connectivity index (χ1v) is 6.16. The third-order valence-electron chi connectivity index (χ3n) is 2.51. The lowest BCUT2D eigenvalue weighted by Crippen LogP contribution is -2.24. The summed E-state index contributed by atoms with van der Waals surface area (Å²) in [6, 6.07) is 0. The van der Waals surface area contributed by atoms with Crippen LogP contribution >= 0.6 is 0 Å². The molecular formula is C12H19N3O3. The number of aliphatic carboxylic acids is 1. The highest BCUT2D eigenvalue weighted by atomic mass is 16.4. The number of rotatable bonds is 8. The Bertz CT molecular complexity index is 401. The highest BCUT2D eigenvalue weighted by Crippen LogP contribution is 2.00. The Morgan fingerprint density at radius 3 is 2.83 bits per heavy atom. The molecule has 1 aromatic rings. The quantitative estimate of drug-likeness (QED) is 0.683. The highest BCUT2D eigenvalue weighted by Gasteiger charge is 2.09. The number of hydrogen-bond acceptors (Lipinski definition) is 3. The van der Waals surface area contributed by atoms with Crippen molar-refractivity contribution >= 4 is 11.9 Å². The average Bonchev–Trinajstić information content (AvgIpc) is 2.76. The van der Waals surface area contributed by atoms with Crippen molar-refractivity contribution < 1.29 is 14.7 Å². The molecule has 0 aliphatic carbocycles. The van der Waals surface area contributed by atoms with E-state index in [1.165, 1.54) is 23.5 Å². The first-order chi connectivity index (χ1) is 8.63. The van der Waals surface area contributed by atoms with E-state index >= 15 is 0 Å². The summed E-state index contributed by atoms with van der Waals surface area (Å²) < 4.78 is 1.23. The molecule has 6 nitrogen and oxygen atoms in total. The third kappa shape index (κ3) is 4.99. The topological polar surface area (TPSA) is 84.2 Å². The summed E-state index contributed by atoms with van der Waals surface area (Å²) in [4.78, 5) is 22.1. The summed E-state index contributed by atoms with van der Waals surface area (Å²) in [6.07, 6.45) is 7.22. The van der Waals surface area contributed by atoms with Crippen LogP contribution in [0.15, 0.2) is 12.4 Å². The molecule has 6 heteroatoms. The van der Waals surface area contributed by atoms with Gasteiger partial charge in [0.05, 0.1) is 11.8 Å². The summed E-state index contributed by atoms with van der Waals surface area (Å²) in [6.45, 7) is 2.54. The van der Waals surface area contributed by atoms with Crippen LogP contribution in [0.4, 0.5) is 0 Å². The SMILES string of the molecule is CCCCCCNC(=O)c1cnn(CC(=O)O)c1. The monoisotopic (exact) mass is 253 g/mol. The van der Waals surface area contributed by atoms with Crippen molar-refractivity contribution in [2.75, 3.05) is 6.54 Å². The molecule has 1 amide bonds. The minimum Gasteiger partial charge on any atom is -0.480 e. The maximum atomic E-state index is 11.7. The Morgan fingerprint density at radius 1 is 1.39 bits per heavy atom. The summed E-state index contributed by atoms with van der Waals surface area (Å²) in [5.41, 5.74) is 0.395. The van der Waals surface area contributed by atoms with Crippen molar-refractivity contribution in [2.24, 2.45) is 0 Å². The van der Waals surface area contributed by atoms with Crippen molar-refractivity contribution in [3.63, 3.8) is 0 Å². The van der Waals surface area contributed by atoms with Gasteiger partial charge in [0.25, 0.3) is 5.91 Å². The number of hydrogen-bond donors (Lipinski definition) is 2. The lowest BCUT2D eigenvalue weighted by molar-refractivity contribution is -0.137. The molecule has 0 spiro atoms. The minimum absolute atomic E-state index is 0.205. The zero-order chi connectivity index (χ0) is 13.4. The number of unbranched alkanes of at least 4 members (excludes halogenated alkanes) is 3. The number of carboxylic acids is 1. The molecule has 0 radical (unpaired) electrons. The molecule has 0 aromatic carbocycles. The molecule has 1 aromatic heterocycles. The van der Waals surface area contributed by atoms with Crippen LogP contribution in [0.2, 0.25) is 0 Å². The van der Waals surface area contributed by atoms with E-state index in [1.54, 1.807) is 0 Å². The van der Waals surface area contributed by atoms with Crippen LogP contribution in [0.5, 0.6) is 0 Å². The van der Waals surface area contributed by atoms with E-state index in [2.05, 4.69) is 17.3 Å². The Hall–Kier alpha value is -1.85. The normalized spacial score (nSPS) is 10.3. The second-order valence-corrected chi connectivity index (χ2v) is 4.14. The molecule has 0 bridgehead atoms. The first-order valence-electron chi connectivity index (χ1n) is 6.16. The molecular weight excluding hydrogens is 234 g/mol. The van der Waals surface area contributed by atoms with E-state index in [1.807, 2.05) is 0 Å². The molecule has 100 valence electrons. The molecule has 0 fully saturated rings. The highest BCUT2D eigenvalue weighted by molar-refractivity contribution is 5.93. The summed E-state index contributed by atoms with van der Waals surface area (Å²) in [5.74, 6) is -1.19. The van der Waals surface area contributed by atoms with E-state index in [0.29, 0.717) is 12.1 Å². The van der Waals surface area contributed by atoms with E-state index in [9.17, 15) is 9.59 Å². The van der Waals surface area contributed by atoms with Gasteiger partial charge in [0.1, 0.15) is 6.54 Å². The van der Waals surface area contributed by atoms with Crippen LogP contribution in [0, 0.1) is 0 Å². The summed E-state index contributed by atoms with van der Waals surface area (Å²) in [5, 5.41) is 15.2. The van der Waals surface area contributed by atoms with Crippen LogP contribution < -0.4 is 5.32 Å². The molecule has 0 atom stereocenters. The Labute approximate surface area is 106 Å². The number of aromatic nitrogens is 2. The van der Waals surface area contributed by atoms with Gasteiger partial charge in [-0.05, 0) is 6.42 Å². The maximum Gasteiger partial charge on any atom is 0.325 e. The fraction of sp³-hybridized carbons (Fsp3) is 0.583. The standard InChI is InChI=1S/C12H19N3O3/c1-2-3-4-5-6-13-12(18)10-7-14-15(8-10)9-11(16)17/h7-8H,2-6,9H2,1H3,(H,13,18)(H,16,17). The van der Waals surface area contributed by atoms with Gasteiger partial charge in [-0.1, -0.05) is 26.2 Å². The number of carbonyl (C=O) groups excluding carboxylic acids is 1. The van der Waals surface area contributed by atoms with E-state index in [-0.39, 0.29) is 12.5 Å². The number of carbonyl (C=O) groups is 2. The summed E-state index contributed by atoms with van der Waals surface area (Å²) in [7, 11) is 0. The van der Waals surface area contributed by atoms with Crippen molar-refractivity contribution in [1.29, 1.82) is 0 Å². The number of amides is 1. The lowest BCUT2D eigenvalue weighted by atomic mass is 10.2. The third-order valence-corrected chi connectivity index (χ3v) is 2.51. The largest absolute Gasteiger partial charge is 0.480 e. The molecule has 0 saturated heterocycles. The maximum absolute atomic E-state index is 11.7. The zero-order valence-electron chi connectivity index (χ0n) is 10.6. The van der Waals surface area contributed by atoms with Gasteiger partial charge in [0.2, 0.25) is 0 Å². The van der Waals surface area contributed by atoms with Gasteiger partial charge < -0.3 is 10.4 Å². The molecule has 0 unspecified atom stereocenters. The van der Waals surface area contributed by atoms with E-state index in [0.717, 1.165) is 19.3 Å². The second-order valence-electron chi connectivity index (χ2n) is 4.14. The van der Waals surface area contributed by atoms with Gasteiger partial charge in [-0.3, -0.25) is 14.3 Å². The van der Waals surface area contributed by atoms with Gasteiger partial charge in [-0.2, -0.15) is 5.10 Å². The molecule has 18 heavy (non-hydrogen) atoms. The molecule has 0 aliphatic rings. The van der Waals surface area contributed by atoms with Gasteiger partial charge in [-0.25, -0.2) is 0 Å². The molecule has 1 heterocycles. The van der Waals surface area contributed by atoms with E-state index < -0.39 is 5.97 Å². The Kier molecular flexibility index (Phi) is 5.90.